The van der Waals surface area contributed by atoms with Gasteiger partial charge in [-0.1, -0.05) is 29.8 Å². The molecule has 1 aromatic carbocycles. The molecule has 1 fully saturated rings. The van der Waals surface area contributed by atoms with Gasteiger partial charge in [0.1, 0.15) is 0 Å². The van der Waals surface area contributed by atoms with E-state index in [1.54, 1.807) is 7.11 Å². The van der Waals surface area contributed by atoms with Crippen LogP contribution in [0, 0.1) is 5.92 Å². The second-order valence-corrected chi connectivity index (χ2v) is 6.63. The first-order chi connectivity index (χ1) is 8.97. The highest BCUT2D eigenvalue weighted by Crippen LogP contribution is 2.40. The average molecular weight is 329 g/mol. The lowest BCUT2D eigenvalue weighted by Crippen LogP contribution is -2.22. The van der Waals surface area contributed by atoms with Crippen LogP contribution in [0.15, 0.2) is 16.6 Å². The third-order valence-electron chi connectivity index (χ3n) is 3.55. The third kappa shape index (κ3) is 3.42. The zero-order valence-electron chi connectivity index (χ0n) is 11.7. The first-order valence-corrected chi connectivity index (χ1v) is 7.39. The molecule has 2 rings (SSSR count). The highest BCUT2D eigenvalue weighted by molar-refractivity contribution is 9.10. The molecule has 0 saturated heterocycles. The fourth-order valence-electron chi connectivity index (χ4n) is 1.90. The van der Waals surface area contributed by atoms with Gasteiger partial charge in [0.05, 0.1) is 20.3 Å². The van der Waals surface area contributed by atoms with Crippen LogP contribution in [0.5, 0.6) is 11.5 Å². The number of hydrogen-bond donors (Lipinski definition) is 1. The molecule has 0 unspecified atom stereocenters. The van der Waals surface area contributed by atoms with Gasteiger partial charge in [0.2, 0.25) is 0 Å². The number of aliphatic hydroxyl groups excluding tert-OH is 1. The van der Waals surface area contributed by atoms with E-state index >= 15 is 0 Å². The molecule has 0 atom stereocenters. The van der Waals surface area contributed by atoms with Crippen molar-refractivity contribution in [2.45, 2.75) is 32.1 Å². The smallest absolute Gasteiger partial charge is 0.162 e. The van der Waals surface area contributed by atoms with Gasteiger partial charge in [0.25, 0.3) is 0 Å². The van der Waals surface area contributed by atoms with E-state index in [-0.39, 0.29) is 12.0 Å². The minimum absolute atomic E-state index is 0.0804. The van der Waals surface area contributed by atoms with Crippen molar-refractivity contribution in [2.75, 3.05) is 20.3 Å². The molecular formula is C15H21BrO3. The van der Waals surface area contributed by atoms with Gasteiger partial charge < -0.3 is 14.6 Å². The number of methoxy groups -OCH3 is 1. The van der Waals surface area contributed by atoms with E-state index in [0.29, 0.717) is 5.92 Å². The minimum Gasteiger partial charge on any atom is -0.493 e. The fraction of sp³-hybridized carbons (Fsp3) is 0.600. The van der Waals surface area contributed by atoms with Gasteiger partial charge in [-0.3, -0.25) is 0 Å². The van der Waals surface area contributed by atoms with E-state index in [1.165, 1.54) is 12.8 Å². The molecule has 0 bridgehead atoms. The summed E-state index contributed by atoms with van der Waals surface area (Å²) >= 11 is 3.56. The van der Waals surface area contributed by atoms with E-state index in [4.69, 9.17) is 9.47 Å². The minimum atomic E-state index is -0.318. The predicted molar refractivity (Wildman–Crippen MR) is 79.0 cm³/mol. The summed E-state index contributed by atoms with van der Waals surface area (Å²) in [6.45, 7) is 4.83. The molecular weight excluding hydrogens is 308 g/mol. The Labute approximate surface area is 123 Å². The SMILES string of the molecule is COc1cc(C(C)(C)CO)c(Br)cc1OCC1CC1. The molecule has 1 N–H and O–H groups in total. The average Bonchev–Trinajstić information content (AvgIpc) is 3.20. The van der Waals surface area contributed by atoms with Crippen LogP contribution < -0.4 is 9.47 Å². The van der Waals surface area contributed by atoms with E-state index < -0.39 is 0 Å². The Kier molecular flexibility index (Phi) is 4.41. The lowest BCUT2D eigenvalue weighted by Gasteiger charge is -2.25. The lowest BCUT2D eigenvalue weighted by atomic mass is 9.85. The maximum atomic E-state index is 9.50. The Hall–Kier alpha value is -0.740. The van der Waals surface area contributed by atoms with Gasteiger partial charge in [0, 0.05) is 9.89 Å². The van der Waals surface area contributed by atoms with Gasteiger partial charge in [-0.15, -0.1) is 0 Å². The summed E-state index contributed by atoms with van der Waals surface area (Å²) in [4.78, 5) is 0. The molecule has 0 spiro atoms. The third-order valence-corrected chi connectivity index (χ3v) is 4.21. The van der Waals surface area contributed by atoms with Gasteiger partial charge in [0.15, 0.2) is 11.5 Å². The standard InChI is InChI=1S/C15H21BrO3/c1-15(2,9-17)11-6-13(18-3)14(7-12(11)16)19-8-10-4-5-10/h6-7,10,17H,4-5,8-9H2,1-3H3. The van der Waals surface area contributed by atoms with Crippen LogP contribution in [0.3, 0.4) is 0 Å². The topological polar surface area (TPSA) is 38.7 Å². The van der Waals surface area contributed by atoms with Crippen molar-refractivity contribution in [3.05, 3.63) is 22.2 Å². The normalized spacial score (nSPS) is 15.4. The Bertz CT molecular complexity index is 453. The van der Waals surface area contributed by atoms with Crippen LogP contribution in [0.25, 0.3) is 0 Å². The van der Waals surface area contributed by atoms with Crippen LogP contribution in [-0.2, 0) is 5.41 Å². The summed E-state index contributed by atoms with van der Waals surface area (Å²) in [6, 6.07) is 3.89. The second-order valence-electron chi connectivity index (χ2n) is 5.78. The first kappa shape index (κ1) is 14.7. The summed E-state index contributed by atoms with van der Waals surface area (Å²) in [5.74, 6) is 2.19. The van der Waals surface area contributed by atoms with Crippen molar-refractivity contribution in [3.63, 3.8) is 0 Å². The van der Waals surface area contributed by atoms with Crippen molar-refractivity contribution >= 4 is 15.9 Å². The number of ether oxygens (including phenoxy) is 2. The molecule has 0 aromatic heterocycles. The Morgan fingerprint density at radius 3 is 2.53 bits per heavy atom. The molecule has 0 aliphatic heterocycles. The fourth-order valence-corrected chi connectivity index (χ4v) is 2.76. The zero-order chi connectivity index (χ0) is 14.0. The summed E-state index contributed by atoms with van der Waals surface area (Å²) in [6.07, 6.45) is 2.53. The molecule has 1 aliphatic carbocycles. The van der Waals surface area contributed by atoms with Crippen molar-refractivity contribution in [1.82, 2.24) is 0 Å². The lowest BCUT2D eigenvalue weighted by molar-refractivity contribution is 0.217. The predicted octanol–water partition coefficient (Wildman–Crippen LogP) is 3.52. The monoisotopic (exact) mass is 328 g/mol. The highest BCUT2D eigenvalue weighted by atomic mass is 79.9. The van der Waals surface area contributed by atoms with Crippen LogP contribution in [0.4, 0.5) is 0 Å². The molecule has 0 amide bonds. The maximum absolute atomic E-state index is 9.50. The van der Waals surface area contributed by atoms with E-state index in [9.17, 15) is 5.11 Å². The molecule has 0 radical (unpaired) electrons. The van der Waals surface area contributed by atoms with E-state index in [0.717, 1.165) is 28.1 Å². The summed E-state index contributed by atoms with van der Waals surface area (Å²) in [7, 11) is 1.64. The molecule has 1 aromatic rings. The maximum Gasteiger partial charge on any atom is 0.162 e. The molecule has 4 heteroatoms. The molecule has 0 heterocycles. The van der Waals surface area contributed by atoms with Crippen molar-refractivity contribution in [3.8, 4) is 11.5 Å². The molecule has 106 valence electrons. The van der Waals surface area contributed by atoms with Crippen molar-refractivity contribution in [2.24, 2.45) is 5.92 Å². The quantitative estimate of drug-likeness (QED) is 0.868. The number of hydrogen-bond acceptors (Lipinski definition) is 3. The van der Waals surface area contributed by atoms with Crippen LogP contribution in [0.2, 0.25) is 0 Å². The molecule has 1 saturated carbocycles. The van der Waals surface area contributed by atoms with Gasteiger partial charge in [-0.05, 0) is 36.5 Å². The van der Waals surface area contributed by atoms with E-state index in [2.05, 4.69) is 15.9 Å². The Morgan fingerprint density at radius 2 is 2.00 bits per heavy atom. The molecule has 1 aliphatic rings. The number of rotatable bonds is 6. The summed E-state index contributed by atoms with van der Waals surface area (Å²) in [5.41, 5.74) is 0.701. The molecule has 19 heavy (non-hydrogen) atoms. The number of aliphatic hydroxyl groups is 1. The Morgan fingerprint density at radius 1 is 1.32 bits per heavy atom. The second kappa shape index (κ2) is 5.71. The van der Waals surface area contributed by atoms with Crippen LogP contribution in [0.1, 0.15) is 32.3 Å². The van der Waals surface area contributed by atoms with Crippen molar-refractivity contribution < 1.29 is 14.6 Å². The summed E-state index contributed by atoms with van der Waals surface area (Å²) in [5, 5.41) is 9.50. The first-order valence-electron chi connectivity index (χ1n) is 6.59. The van der Waals surface area contributed by atoms with Crippen LogP contribution in [-0.4, -0.2) is 25.4 Å². The largest absolute Gasteiger partial charge is 0.493 e. The zero-order valence-corrected chi connectivity index (χ0v) is 13.3. The van der Waals surface area contributed by atoms with Crippen LogP contribution >= 0.6 is 15.9 Å². The van der Waals surface area contributed by atoms with Gasteiger partial charge >= 0.3 is 0 Å². The van der Waals surface area contributed by atoms with Gasteiger partial charge in [-0.2, -0.15) is 0 Å². The highest BCUT2D eigenvalue weighted by Gasteiger charge is 2.26. The Balaban J connectivity index is 2.27. The van der Waals surface area contributed by atoms with E-state index in [1.807, 2.05) is 26.0 Å². The van der Waals surface area contributed by atoms with Gasteiger partial charge in [-0.25, -0.2) is 0 Å². The number of benzene rings is 1. The summed E-state index contributed by atoms with van der Waals surface area (Å²) < 4.78 is 12.2. The number of halogens is 1. The van der Waals surface area contributed by atoms with Crippen molar-refractivity contribution in [1.29, 1.82) is 0 Å². The molecule has 3 nitrogen and oxygen atoms in total.